The molecule has 20 aromatic rings. The van der Waals surface area contributed by atoms with E-state index in [4.69, 9.17) is 43.0 Å². The SMILES string of the molecule is Cc1ccc2c(oc3ccccc32)c1N1c2cccnc2N(c2ccccc2)C1C.Cc1ccc2c(oc3ccccc32)c1N1c2nccnc2N(c2ccccc2)C1C.[2H]C(C)(C)N1C=CN(c2c(C)ccc3c2oc2ccccc23)C1C.[2H]C([2H])([2H])C([2H])(C)N1C=CN(c2c(C)ccc3c2oc2ccccc23)C1C.[2H]C([2H])([2H])N1c2nccnc2N(c2c(C)ccc3c2oc2ccccc23)C1C. The molecule has 0 N–H and O–H groups in total. The Morgan fingerprint density at radius 1 is 0.275 bits per heavy atom. The van der Waals surface area contributed by atoms with Gasteiger partial charge in [0, 0.05) is 148 Å². The van der Waals surface area contributed by atoms with Gasteiger partial charge in [-0.3, -0.25) is 9.80 Å². The molecule has 25 rings (SSSR count). The monoisotopic (exact) mass is 1730 g/mol. The molecule has 0 amide bonds. The highest BCUT2D eigenvalue weighted by Crippen LogP contribution is 2.54. The van der Waals surface area contributed by atoms with E-state index in [0.29, 0.717) is 11.6 Å². The summed E-state index contributed by atoms with van der Waals surface area (Å²) in [6, 6.07) is 84.0. The van der Waals surface area contributed by atoms with E-state index in [1.54, 1.807) is 29.7 Å². The second-order valence-corrected chi connectivity index (χ2v) is 34.1. The van der Waals surface area contributed by atoms with Crippen molar-refractivity contribution in [1.82, 2.24) is 34.7 Å². The number of anilines is 13. The fourth-order valence-electron chi connectivity index (χ4n) is 19.7. The van der Waals surface area contributed by atoms with Gasteiger partial charge in [0.05, 0.1) is 36.9 Å². The van der Waals surface area contributed by atoms with Crippen LogP contribution in [0, 0.1) is 34.6 Å². The molecule has 0 fully saturated rings. The van der Waals surface area contributed by atoms with Gasteiger partial charge in [-0.25, -0.2) is 24.9 Å². The summed E-state index contributed by atoms with van der Waals surface area (Å²) in [6.07, 6.45) is 15.3. The zero-order chi connectivity index (χ0) is 96.7. The molecule has 6 unspecified atom stereocenters. The van der Waals surface area contributed by atoms with Gasteiger partial charge in [0.15, 0.2) is 57.0 Å². The molecule has 20 nitrogen and oxygen atoms in total. The lowest BCUT2D eigenvalue weighted by Gasteiger charge is -2.33. The summed E-state index contributed by atoms with van der Waals surface area (Å²) >= 11 is 0. The van der Waals surface area contributed by atoms with Crippen LogP contribution in [-0.2, 0) is 0 Å². The molecule has 0 spiro atoms. The number of hydrogen-bond acceptors (Lipinski definition) is 20. The number of aryl methyl sites for hydroxylation is 5. The zero-order valence-electron chi connectivity index (χ0n) is 83.1. The molecule has 0 saturated heterocycles. The Balaban J connectivity index is 0.000000104. The molecular formula is C111H103N15O5. The lowest BCUT2D eigenvalue weighted by atomic mass is 10.1. The van der Waals surface area contributed by atoms with Crippen LogP contribution in [0.5, 0.6) is 0 Å². The van der Waals surface area contributed by atoms with E-state index in [-0.39, 0.29) is 24.7 Å². The van der Waals surface area contributed by atoms with Gasteiger partial charge in [0.2, 0.25) is 0 Å². The van der Waals surface area contributed by atoms with E-state index in [0.717, 1.165) is 189 Å². The summed E-state index contributed by atoms with van der Waals surface area (Å²) in [5, 5.41) is 10.9. The lowest BCUT2D eigenvalue weighted by molar-refractivity contribution is 0.263. The topological polar surface area (TPSA) is 163 Å². The molecule has 6 atom stereocenters. The van der Waals surface area contributed by atoms with Crippen LogP contribution in [0.15, 0.2) is 333 Å². The molecule has 12 aromatic carbocycles. The molecule has 0 bridgehead atoms. The first kappa shape index (κ1) is 73.5. The summed E-state index contributed by atoms with van der Waals surface area (Å²) < 4.78 is 95.3. The minimum Gasteiger partial charge on any atom is -0.454 e. The van der Waals surface area contributed by atoms with Gasteiger partial charge in [-0.2, -0.15) is 0 Å². The number of benzene rings is 12. The van der Waals surface area contributed by atoms with E-state index < -0.39 is 32.0 Å². The largest absolute Gasteiger partial charge is 0.454 e. The van der Waals surface area contributed by atoms with Crippen molar-refractivity contribution in [2.24, 2.45) is 0 Å². The summed E-state index contributed by atoms with van der Waals surface area (Å²) in [5.41, 5.74) is 22.3. The minimum atomic E-state index is -2.43. The molecule has 0 aliphatic carbocycles. The zero-order valence-corrected chi connectivity index (χ0v) is 75.1. The highest BCUT2D eigenvalue weighted by Gasteiger charge is 2.43. The molecule has 652 valence electrons. The average molecular weight is 1740 g/mol. The average Bonchev–Trinajstić information content (AvgIpc) is 1.57. The quantitative estimate of drug-likeness (QED) is 0.134. The van der Waals surface area contributed by atoms with Gasteiger partial charge < -0.3 is 61.3 Å². The molecule has 0 saturated carbocycles. The van der Waals surface area contributed by atoms with Crippen LogP contribution in [0.4, 0.5) is 74.6 Å². The summed E-state index contributed by atoms with van der Waals surface area (Å²) in [5.74, 6) is 3.52. The Morgan fingerprint density at radius 3 is 0.954 bits per heavy atom. The van der Waals surface area contributed by atoms with Crippen molar-refractivity contribution in [1.29, 1.82) is 0 Å². The van der Waals surface area contributed by atoms with Gasteiger partial charge in [-0.1, -0.05) is 188 Å². The first-order valence-electron chi connectivity index (χ1n) is 48.3. The summed E-state index contributed by atoms with van der Waals surface area (Å²) in [6.45, 7) is 21.1. The van der Waals surface area contributed by atoms with Crippen LogP contribution in [0.3, 0.4) is 0 Å². The number of aromatic nitrogens is 5. The number of furan rings is 5. The van der Waals surface area contributed by atoms with Crippen molar-refractivity contribution < 1.29 is 33.1 Å². The Morgan fingerprint density at radius 2 is 0.580 bits per heavy atom. The normalized spacial score (nSPS) is 18.4. The Kier molecular flexibility index (Phi) is 18.6. The molecule has 20 heteroatoms. The maximum Gasteiger partial charge on any atom is 0.178 e. The fraction of sp³-hybridized carbons (Fsp3) is 0.198. The van der Waals surface area contributed by atoms with Crippen LogP contribution in [0.2, 0.25) is 0 Å². The van der Waals surface area contributed by atoms with Gasteiger partial charge in [0.25, 0.3) is 0 Å². The summed E-state index contributed by atoms with van der Waals surface area (Å²) in [4.78, 5) is 43.1. The van der Waals surface area contributed by atoms with Crippen LogP contribution in [0.1, 0.15) is 101 Å². The third-order valence-electron chi connectivity index (χ3n) is 25.9. The van der Waals surface area contributed by atoms with Crippen LogP contribution >= 0.6 is 0 Å². The van der Waals surface area contributed by atoms with Gasteiger partial charge in [-0.15, -0.1) is 0 Å². The third kappa shape index (κ3) is 13.8. The first-order chi connectivity index (χ1) is 66.9. The second-order valence-electron chi connectivity index (χ2n) is 34.1. The van der Waals surface area contributed by atoms with Crippen molar-refractivity contribution in [3.63, 3.8) is 0 Å². The van der Waals surface area contributed by atoms with E-state index in [1.807, 2.05) is 220 Å². The van der Waals surface area contributed by atoms with Crippen molar-refractivity contribution in [3.8, 4) is 0 Å². The van der Waals surface area contributed by atoms with Crippen LogP contribution in [0.25, 0.3) is 110 Å². The Hall–Kier alpha value is -15.6. The van der Waals surface area contributed by atoms with Crippen molar-refractivity contribution in [3.05, 3.63) is 338 Å². The predicted octanol–water partition coefficient (Wildman–Crippen LogP) is 28.3. The maximum absolute atomic E-state index is 8.42. The molecule has 13 heterocycles. The molecule has 0 radical (unpaired) electrons. The standard InChI is InChI=1S/C26H21N3O.C25H20N4O.C20H18N4O.2C20H22N2O/c1-17-14-15-21-20-11-6-7-13-23(20)30-25(21)24(17)29-18(2)28(19-9-4-3-5-10-19)26-22(29)12-8-16-27-26;1-16-12-13-20-19-10-6-7-11-21(19)30-23(20)22(16)29-17(2)28(18-8-4-3-5-9-18)24-25(29)27-15-14-26-24;1-12-8-9-15-14-6-4-5-7-16(14)25-18(15)17(12)24-13(2)23(3)19-20(24)22-11-10-21-19;2*1-13(2)21-11-12-22(15(21)4)19-14(3)9-10-17-16-7-5-6-8-18(16)23-20(17)19/h3-16,18H,1-2H3;3-15,17H,1-2H3;4-11,13H,1-3H3;2*5-13,15H,1-4H3/i;;3D3;1D3,13D;13D. The Bertz CT molecular complexity index is 7990. The molecule has 5 aliphatic rings. The predicted molar refractivity (Wildman–Crippen MR) is 537 cm³/mol. The fourth-order valence-corrected chi connectivity index (χ4v) is 19.7. The van der Waals surface area contributed by atoms with E-state index in [9.17, 15) is 0 Å². The van der Waals surface area contributed by atoms with Crippen LogP contribution in [-0.4, -0.2) is 84.6 Å². The lowest BCUT2D eigenvalue weighted by Crippen LogP contribution is -2.39. The minimum absolute atomic E-state index is 0.0117. The molecule has 5 aliphatic heterocycles. The number of hydrogen-bond donors (Lipinski definition) is 0. The van der Waals surface area contributed by atoms with Crippen LogP contribution < -0.4 is 39.2 Å². The van der Waals surface area contributed by atoms with Gasteiger partial charge >= 0.3 is 0 Å². The van der Waals surface area contributed by atoms with Gasteiger partial charge in [-0.05, 0) is 191 Å². The number of nitrogens with zero attached hydrogens (tertiary/aromatic N) is 15. The summed E-state index contributed by atoms with van der Waals surface area (Å²) in [7, 11) is 0. The number of pyridine rings is 1. The van der Waals surface area contributed by atoms with Crippen molar-refractivity contribution in [2.75, 3.05) is 46.2 Å². The number of rotatable bonds is 9. The number of para-hydroxylation sites is 7. The van der Waals surface area contributed by atoms with Gasteiger partial charge in [0.1, 0.15) is 58.7 Å². The van der Waals surface area contributed by atoms with E-state index >= 15 is 0 Å². The maximum atomic E-state index is 8.42. The molecular weight excluding hydrogens is 1620 g/mol. The van der Waals surface area contributed by atoms with Crippen molar-refractivity contribution in [2.45, 2.75) is 140 Å². The highest BCUT2D eigenvalue weighted by molar-refractivity contribution is 6.15. The first-order valence-corrected chi connectivity index (χ1v) is 44.3. The van der Waals surface area contributed by atoms with E-state index in [1.165, 1.54) is 29.1 Å². The van der Waals surface area contributed by atoms with E-state index in [2.05, 4.69) is 196 Å². The Labute approximate surface area is 772 Å². The smallest absolute Gasteiger partial charge is 0.178 e. The molecule has 8 aromatic heterocycles. The molecule has 131 heavy (non-hydrogen) atoms. The highest BCUT2D eigenvalue weighted by atomic mass is 16.3. The van der Waals surface area contributed by atoms with Crippen molar-refractivity contribution >= 4 is 184 Å². The second kappa shape index (κ2) is 33.2. The number of fused-ring (bicyclic) bond motifs is 18. The third-order valence-corrected chi connectivity index (χ3v) is 25.9.